The topological polar surface area (TPSA) is 48.0 Å². The van der Waals surface area contributed by atoms with E-state index in [9.17, 15) is 0 Å². The maximum absolute atomic E-state index is 5.36. The SMILES string of the molecule is c1ccc(-c2nc(-n3c(-c4ccccc4)c(-c4ccccc4)c4ccc5c(nc6ccccn65)c43)nc3ccccc23)cc1. The maximum atomic E-state index is 5.36. The fourth-order valence-electron chi connectivity index (χ4n) is 6.44. The number of pyridine rings is 1. The molecule has 0 aliphatic rings. The van der Waals surface area contributed by atoms with E-state index < -0.39 is 0 Å². The molecule has 5 aromatic carbocycles. The number of benzene rings is 5. The van der Waals surface area contributed by atoms with Crippen LogP contribution in [-0.4, -0.2) is 23.9 Å². The Morgan fingerprint density at radius 1 is 0.477 bits per heavy atom. The number of imidazole rings is 1. The van der Waals surface area contributed by atoms with E-state index >= 15 is 0 Å². The smallest absolute Gasteiger partial charge is 0.235 e. The molecule has 206 valence electrons. The zero-order valence-electron chi connectivity index (χ0n) is 23.7. The van der Waals surface area contributed by atoms with Gasteiger partial charge in [-0.05, 0) is 41.5 Å². The quantitative estimate of drug-likeness (QED) is 0.214. The molecule has 0 spiro atoms. The predicted molar refractivity (Wildman–Crippen MR) is 179 cm³/mol. The molecule has 4 aromatic heterocycles. The summed E-state index contributed by atoms with van der Waals surface area (Å²) in [5.74, 6) is 0.609. The molecule has 0 fully saturated rings. The van der Waals surface area contributed by atoms with Crippen molar-refractivity contribution < 1.29 is 0 Å². The lowest BCUT2D eigenvalue weighted by atomic mass is 9.98. The highest BCUT2D eigenvalue weighted by atomic mass is 15.2. The van der Waals surface area contributed by atoms with Gasteiger partial charge in [0.1, 0.15) is 11.2 Å². The first-order valence-corrected chi connectivity index (χ1v) is 14.7. The minimum Gasteiger partial charge on any atom is -0.300 e. The van der Waals surface area contributed by atoms with Crippen molar-refractivity contribution in [1.29, 1.82) is 0 Å². The standard InChI is InChI=1S/C39H25N5/c1-4-14-26(15-5-1)34-30-23-24-32-36(41-33-22-12-13-25-43(32)33)38(30)44(37(34)28-18-8-3-9-19-28)39-40-31-21-11-10-20-29(31)35(42-39)27-16-6-2-7-17-27/h1-25H. The zero-order chi connectivity index (χ0) is 29.0. The highest BCUT2D eigenvalue weighted by Gasteiger charge is 2.26. The molecule has 44 heavy (non-hydrogen) atoms. The predicted octanol–water partition coefficient (Wildman–Crippen LogP) is 9.38. The van der Waals surface area contributed by atoms with Crippen molar-refractivity contribution >= 4 is 38.5 Å². The number of fused-ring (bicyclic) bond motifs is 6. The van der Waals surface area contributed by atoms with Gasteiger partial charge in [0.15, 0.2) is 0 Å². The average Bonchev–Trinajstić information content (AvgIpc) is 3.65. The zero-order valence-corrected chi connectivity index (χ0v) is 23.7. The third-order valence-electron chi connectivity index (χ3n) is 8.36. The molecule has 5 nitrogen and oxygen atoms in total. The monoisotopic (exact) mass is 563 g/mol. The molecule has 5 heteroatoms. The van der Waals surface area contributed by atoms with Crippen LogP contribution in [0.15, 0.2) is 152 Å². The highest BCUT2D eigenvalue weighted by molar-refractivity contribution is 6.15. The van der Waals surface area contributed by atoms with Crippen molar-refractivity contribution in [2.45, 2.75) is 0 Å². The first-order valence-electron chi connectivity index (χ1n) is 14.7. The largest absolute Gasteiger partial charge is 0.300 e. The van der Waals surface area contributed by atoms with Gasteiger partial charge in [-0.15, -0.1) is 0 Å². The molecule has 0 radical (unpaired) electrons. The molecular weight excluding hydrogens is 538 g/mol. The molecule has 0 N–H and O–H groups in total. The van der Waals surface area contributed by atoms with Gasteiger partial charge in [-0.1, -0.05) is 115 Å². The number of hydrogen-bond donors (Lipinski definition) is 0. The van der Waals surface area contributed by atoms with Crippen LogP contribution >= 0.6 is 0 Å². The van der Waals surface area contributed by atoms with Gasteiger partial charge in [0.05, 0.1) is 27.9 Å². The van der Waals surface area contributed by atoms with Gasteiger partial charge in [0.2, 0.25) is 5.95 Å². The molecule has 9 rings (SSSR count). The van der Waals surface area contributed by atoms with Gasteiger partial charge in [-0.25, -0.2) is 15.0 Å². The molecule has 0 amide bonds. The maximum Gasteiger partial charge on any atom is 0.235 e. The summed E-state index contributed by atoms with van der Waals surface area (Å²) in [6.07, 6.45) is 2.07. The Labute approximate surface area is 253 Å². The fourth-order valence-corrected chi connectivity index (χ4v) is 6.44. The number of hydrogen-bond acceptors (Lipinski definition) is 3. The van der Waals surface area contributed by atoms with Crippen LogP contribution in [0.4, 0.5) is 0 Å². The highest BCUT2D eigenvalue weighted by Crippen LogP contribution is 2.45. The Balaban J connectivity index is 1.51. The van der Waals surface area contributed by atoms with E-state index in [4.69, 9.17) is 15.0 Å². The molecule has 0 atom stereocenters. The third-order valence-corrected chi connectivity index (χ3v) is 8.36. The van der Waals surface area contributed by atoms with Crippen LogP contribution in [0.5, 0.6) is 0 Å². The second kappa shape index (κ2) is 9.75. The van der Waals surface area contributed by atoms with Crippen LogP contribution in [0, 0.1) is 0 Å². The molecule has 9 aromatic rings. The van der Waals surface area contributed by atoms with Gasteiger partial charge in [0.25, 0.3) is 0 Å². The Bertz CT molecular complexity index is 2480. The van der Waals surface area contributed by atoms with Crippen LogP contribution in [-0.2, 0) is 0 Å². The molecule has 0 saturated carbocycles. The van der Waals surface area contributed by atoms with Crippen LogP contribution in [0.2, 0.25) is 0 Å². The number of aromatic nitrogens is 5. The summed E-state index contributed by atoms with van der Waals surface area (Å²) in [5.41, 5.74) is 11.0. The molecule has 0 bridgehead atoms. The van der Waals surface area contributed by atoms with Crippen LogP contribution in [0.25, 0.3) is 78.1 Å². The minimum atomic E-state index is 0.609. The lowest BCUT2D eigenvalue weighted by Crippen LogP contribution is -2.05. The first-order chi connectivity index (χ1) is 21.8. The van der Waals surface area contributed by atoms with Gasteiger partial charge < -0.3 is 0 Å². The normalized spacial score (nSPS) is 11.6. The summed E-state index contributed by atoms with van der Waals surface area (Å²) in [4.78, 5) is 15.8. The van der Waals surface area contributed by atoms with E-state index in [0.717, 1.165) is 72.1 Å². The number of para-hydroxylation sites is 1. The molecule has 0 saturated heterocycles. The minimum absolute atomic E-state index is 0.609. The van der Waals surface area contributed by atoms with E-state index in [2.05, 4.69) is 130 Å². The van der Waals surface area contributed by atoms with Crippen molar-refractivity contribution in [3.05, 3.63) is 152 Å². The Morgan fingerprint density at radius 2 is 1.14 bits per heavy atom. The van der Waals surface area contributed by atoms with Crippen molar-refractivity contribution in [1.82, 2.24) is 23.9 Å². The number of nitrogens with zero attached hydrogens (tertiary/aromatic N) is 5. The summed E-state index contributed by atoms with van der Waals surface area (Å²) < 4.78 is 4.38. The number of rotatable bonds is 4. The van der Waals surface area contributed by atoms with Crippen molar-refractivity contribution in [2.24, 2.45) is 0 Å². The Morgan fingerprint density at radius 3 is 1.91 bits per heavy atom. The Kier molecular flexibility index (Phi) is 5.43. The molecular formula is C39H25N5. The van der Waals surface area contributed by atoms with Crippen molar-refractivity contribution in [3.8, 4) is 39.6 Å². The Hall–Kier alpha value is -6.07. The van der Waals surface area contributed by atoms with Gasteiger partial charge in [-0.2, -0.15) is 0 Å². The molecule has 0 unspecified atom stereocenters. The van der Waals surface area contributed by atoms with E-state index in [1.54, 1.807) is 0 Å². The second-order valence-corrected chi connectivity index (χ2v) is 10.9. The van der Waals surface area contributed by atoms with Gasteiger partial charge in [0, 0.05) is 28.1 Å². The first kappa shape index (κ1) is 24.5. The van der Waals surface area contributed by atoms with E-state index in [1.165, 1.54) is 0 Å². The van der Waals surface area contributed by atoms with E-state index in [1.807, 2.05) is 30.3 Å². The molecule has 0 aliphatic carbocycles. The summed E-state index contributed by atoms with van der Waals surface area (Å²) in [7, 11) is 0. The third kappa shape index (κ3) is 3.69. The van der Waals surface area contributed by atoms with Crippen LogP contribution < -0.4 is 0 Å². The summed E-state index contributed by atoms with van der Waals surface area (Å²) >= 11 is 0. The second-order valence-electron chi connectivity index (χ2n) is 10.9. The van der Waals surface area contributed by atoms with Crippen molar-refractivity contribution in [3.63, 3.8) is 0 Å². The molecule has 0 aliphatic heterocycles. The van der Waals surface area contributed by atoms with Crippen LogP contribution in [0.1, 0.15) is 0 Å². The van der Waals surface area contributed by atoms with E-state index in [-0.39, 0.29) is 0 Å². The van der Waals surface area contributed by atoms with E-state index in [0.29, 0.717) is 5.95 Å². The fraction of sp³-hybridized carbons (Fsp3) is 0. The summed E-state index contributed by atoms with van der Waals surface area (Å²) in [6, 6.07) is 50.3. The lowest BCUT2D eigenvalue weighted by Gasteiger charge is -2.14. The van der Waals surface area contributed by atoms with Gasteiger partial charge >= 0.3 is 0 Å². The average molecular weight is 564 g/mol. The summed E-state index contributed by atoms with van der Waals surface area (Å²) in [5, 5.41) is 2.12. The van der Waals surface area contributed by atoms with Crippen molar-refractivity contribution in [2.75, 3.05) is 0 Å². The van der Waals surface area contributed by atoms with Crippen LogP contribution in [0.3, 0.4) is 0 Å². The summed E-state index contributed by atoms with van der Waals surface area (Å²) in [6.45, 7) is 0. The van der Waals surface area contributed by atoms with Gasteiger partial charge in [-0.3, -0.25) is 8.97 Å². The molecule has 4 heterocycles. The lowest BCUT2D eigenvalue weighted by molar-refractivity contribution is 0.992.